The van der Waals surface area contributed by atoms with Gasteiger partial charge in [-0.3, -0.25) is 0 Å². The highest BCUT2D eigenvalue weighted by Crippen LogP contribution is 2.34. The van der Waals surface area contributed by atoms with Crippen molar-refractivity contribution in [3.05, 3.63) is 29.0 Å². The smallest absolute Gasteiger partial charge is 0.338 e. The standard InChI is InChI=1S/C12H13NO3/c1-6-4-5-8(14)10-9(12(15)16)7(2)13(3)11(6)10/h4-5,14H,1-3H3,(H,15,16). The maximum atomic E-state index is 11.2. The van der Waals surface area contributed by atoms with Gasteiger partial charge >= 0.3 is 5.97 Å². The molecule has 0 saturated heterocycles. The molecule has 16 heavy (non-hydrogen) atoms. The number of phenolic OH excluding ortho intramolecular Hbond substituents is 1. The molecule has 0 aliphatic heterocycles. The summed E-state index contributed by atoms with van der Waals surface area (Å²) in [5.41, 5.74) is 2.55. The van der Waals surface area contributed by atoms with Crippen LogP contribution in [0.4, 0.5) is 0 Å². The molecule has 0 amide bonds. The van der Waals surface area contributed by atoms with Gasteiger partial charge in [-0.25, -0.2) is 4.79 Å². The van der Waals surface area contributed by atoms with Crippen molar-refractivity contribution >= 4 is 16.9 Å². The third-order valence-electron chi connectivity index (χ3n) is 3.02. The molecule has 1 heterocycles. The summed E-state index contributed by atoms with van der Waals surface area (Å²) in [7, 11) is 1.80. The number of hydrogen-bond donors (Lipinski definition) is 2. The van der Waals surface area contributed by atoms with Gasteiger partial charge in [0.1, 0.15) is 5.75 Å². The summed E-state index contributed by atoms with van der Waals surface area (Å²) >= 11 is 0. The van der Waals surface area contributed by atoms with Crippen LogP contribution in [0.1, 0.15) is 21.6 Å². The number of carboxylic acid groups (broad SMARTS) is 1. The highest BCUT2D eigenvalue weighted by Gasteiger charge is 2.21. The molecule has 84 valence electrons. The second-order valence-electron chi connectivity index (χ2n) is 3.95. The summed E-state index contributed by atoms with van der Waals surface area (Å²) in [4.78, 5) is 11.2. The molecular weight excluding hydrogens is 206 g/mol. The molecule has 1 aromatic carbocycles. The fraction of sp³-hybridized carbons (Fsp3) is 0.250. The molecule has 2 aromatic rings. The Morgan fingerprint density at radius 2 is 1.94 bits per heavy atom. The minimum absolute atomic E-state index is 0.0155. The lowest BCUT2D eigenvalue weighted by Gasteiger charge is -2.02. The third kappa shape index (κ3) is 1.19. The maximum Gasteiger partial charge on any atom is 0.338 e. The largest absolute Gasteiger partial charge is 0.507 e. The molecule has 0 bridgehead atoms. The summed E-state index contributed by atoms with van der Waals surface area (Å²) in [6.07, 6.45) is 0. The number of carbonyl (C=O) groups is 1. The Labute approximate surface area is 92.7 Å². The Morgan fingerprint density at radius 3 is 2.50 bits per heavy atom. The van der Waals surface area contributed by atoms with E-state index in [0.29, 0.717) is 11.1 Å². The van der Waals surface area contributed by atoms with Crippen LogP contribution in [0.25, 0.3) is 10.9 Å². The molecule has 0 saturated carbocycles. The summed E-state index contributed by atoms with van der Waals surface area (Å²) in [5, 5.41) is 19.4. The van der Waals surface area contributed by atoms with Gasteiger partial charge in [0.15, 0.2) is 0 Å². The van der Waals surface area contributed by atoms with E-state index in [2.05, 4.69) is 0 Å². The van der Waals surface area contributed by atoms with E-state index in [1.165, 1.54) is 6.07 Å². The average molecular weight is 219 g/mol. The minimum atomic E-state index is -1.01. The van der Waals surface area contributed by atoms with Crippen molar-refractivity contribution in [2.45, 2.75) is 13.8 Å². The van der Waals surface area contributed by atoms with Crippen LogP contribution in [-0.4, -0.2) is 20.7 Å². The van der Waals surface area contributed by atoms with E-state index < -0.39 is 5.97 Å². The maximum absolute atomic E-state index is 11.2. The molecule has 4 nitrogen and oxygen atoms in total. The van der Waals surface area contributed by atoms with Gasteiger partial charge in [0, 0.05) is 12.7 Å². The minimum Gasteiger partial charge on any atom is -0.507 e. The Hall–Kier alpha value is -1.97. The molecule has 0 aliphatic carbocycles. The number of nitrogens with zero attached hydrogens (tertiary/aromatic N) is 1. The topological polar surface area (TPSA) is 62.5 Å². The van der Waals surface area contributed by atoms with Gasteiger partial charge in [-0.05, 0) is 25.5 Å². The molecule has 0 aliphatic rings. The van der Waals surface area contributed by atoms with E-state index >= 15 is 0 Å². The van der Waals surface area contributed by atoms with Gasteiger partial charge < -0.3 is 14.8 Å². The summed E-state index contributed by atoms with van der Waals surface area (Å²) in [5.74, 6) is -0.995. The number of aromatic hydroxyl groups is 1. The molecule has 1 aromatic heterocycles. The van der Waals surface area contributed by atoms with Crippen LogP contribution >= 0.6 is 0 Å². The first kappa shape index (κ1) is 10.5. The average Bonchev–Trinajstić information content (AvgIpc) is 2.47. The zero-order valence-corrected chi connectivity index (χ0v) is 9.40. The molecule has 0 fully saturated rings. The SMILES string of the molecule is Cc1ccc(O)c2c(C(=O)O)c(C)n(C)c12. The third-order valence-corrected chi connectivity index (χ3v) is 3.02. The summed E-state index contributed by atoms with van der Waals surface area (Å²) in [6.45, 7) is 3.63. The number of aromatic carboxylic acids is 1. The van der Waals surface area contributed by atoms with Crippen molar-refractivity contribution in [1.29, 1.82) is 0 Å². The van der Waals surface area contributed by atoms with Crippen LogP contribution < -0.4 is 0 Å². The number of rotatable bonds is 1. The first-order valence-corrected chi connectivity index (χ1v) is 4.96. The number of benzene rings is 1. The summed E-state index contributed by atoms with van der Waals surface area (Å²) in [6, 6.07) is 3.31. The molecule has 0 spiro atoms. The lowest BCUT2D eigenvalue weighted by atomic mass is 10.1. The van der Waals surface area contributed by atoms with Crippen LogP contribution in [0.2, 0.25) is 0 Å². The molecule has 2 N–H and O–H groups in total. The highest BCUT2D eigenvalue weighted by atomic mass is 16.4. The fourth-order valence-electron chi connectivity index (χ4n) is 2.14. The summed E-state index contributed by atoms with van der Waals surface area (Å²) < 4.78 is 1.80. The number of aromatic nitrogens is 1. The zero-order valence-electron chi connectivity index (χ0n) is 9.40. The Bertz CT molecular complexity index is 596. The van der Waals surface area contributed by atoms with Crippen LogP contribution in [0, 0.1) is 13.8 Å². The molecular formula is C12H13NO3. The van der Waals surface area contributed by atoms with Crippen LogP contribution in [0.3, 0.4) is 0 Å². The first-order valence-electron chi connectivity index (χ1n) is 4.96. The normalized spacial score (nSPS) is 10.9. The number of fused-ring (bicyclic) bond motifs is 1. The van der Waals surface area contributed by atoms with Crippen molar-refractivity contribution < 1.29 is 15.0 Å². The molecule has 0 atom stereocenters. The number of hydrogen-bond acceptors (Lipinski definition) is 2. The predicted octanol–water partition coefficient (Wildman–Crippen LogP) is 2.20. The van der Waals surface area contributed by atoms with Crippen LogP contribution in [0.15, 0.2) is 12.1 Å². The van der Waals surface area contributed by atoms with Crippen molar-refractivity contribution in [2.24, 2.45) is 7.05 Å². The lowest BCUT2D eigenvalue weighted by molar-refractivity contribution is 0.0697. The van der Waals surface area contributed by atoms with E-state index in [9.17, 15) is 9.90 Å². The van der Waals surface area contributed by atoms with Gasteiger partial charge in [0.05, 0.1) is 16.5 Å². The van der Waals surface area contributed by atoms with Crippen LogP contribution in [0.5, 0.6) is 5.75 Å². The van der Waals surface area contributed by atoms with Crippen LogP contribution in [-0.2, 0) is 7.05 Å². The van der Waals surface area contributed by atoms with Gasteiger partial charge in [-0.15, -0.1) is 0 Å². The van der Waals surface area contributed by atoms with E-state index in [0.717, 1.165) is 11.1 Å². The van der Waals surface area contributed by atoms with Crippen molar-refractivity contribution in [2.75, 3.05) is 0 Å². The molecule has 0 radical (unpaired) electrons. The highest BCUT2D eigenvalue weighted by molar-refractivity contribution is 6.08. The van der Waals surface area contributed by atoms with Gasteiger partial charge in [-0.1, -0.05) is 6.07 Å². The molecule has 0 unspecified atom stereocenters. The van der Waals surface area contributed by atoms with Crippen molar-refractivity contribution in [1.82, 2.24) is 4.57 Å². The predicted molar refractivity (Wildman–Crippen MR) is 61.0 cm³/mol. The second-order valence-corrected chi connectivity index (χ2v) is 3.95. The molecule has 2 rings (SSSR count). The van der Waals surface area contributed by atoms with Gasteiger partial charge in [0.25, 0.3) is 0 Å². The Morgan fingerprint density at radius 1 is 1.31 bits per heavy atom. The fourth-order valence-corrected chi connectivity index (χ4v) is 2.14. The van der Waals surface area contributed by atoms with Gasteiger partial charge in [-0.2, -0.15) is 0 Å². The first-order chi connectivity index (χ1) is 7.45. The van der Waals surface area contributed by atoms with E-state index in [4.69, 9.17) is 5.11 Å². The lowest BCUT2D eigenvalue weighted by Crippen LogP contribution is -1.99. The Kier molecular flexibility index (Phi) is 2.15. The number of aryl methyl sites for hydroxylation is 2. The molecule has 4 heteroatoms. The zero-order chi connectivity index (χ0) is 12.0. The van der Waals surface area contributed by atoms with E-state index in [1.54, 1.807) is 24.6 Å². The second kappa shape index (κ2) is 3.27. The van der Waals surface area contributed by atoms with Crippen molar-refractivity contribution in [3.8, 4) is 5.75 Å². The van der Waals surface area contributed by atoms with E-state index in [-0.39, 0.29) is 11.3 Å². The van der Waals surface area contributed by atoms with E-state index in [1.807, 2.05) is 6.92 Å². The number of phenols is 1. The van der Waals surface area contributed by atoms with Gasteiger partial charge in [0.2, 0.25) is 0 Å². The Balaban J connectivity index is 3.08. The number of carboxylic acids is 1. The monoisotopic (exact) mass is 219 g/mol. The van der Waals surface area contributed by atoms with Crippen molar-refractivity contribution in [3.63, 3.8) is 0 Å². The quantitative estimate of drug-likeness (QED) is 0.772.